The summed E-state index contributed by atoms with van der Waals surface area (Å²) in [6.45, 7) is 2.39. The SMILES string of the molecule is CSCC(C)CNS(=O)(=O)c1cccnc1Cl. The zero-order chi connectivity index (χ0) is 12.9. The van der Waals surface area contributed by atoms with Gasteiger partial charge in [-0.15, -0.1) is 0 Å². The lowest BCUT2D eigenvalue weighted by atomic mass is 10.2. The highest BCUT2D eigenvalue weighted by atomic mass is 35.5. The van der Waals surface area contributed by atoms with Gasteiger partial charge in [-0.2, -0.15) is 11.8 Å². The summed E-state index contributed by atoms with van der Waals surface area (Å²) in [7, 11) is -3.56. The molecule has 0 aliphatic rings. The van der Waals surface area contributed by atoms with Crippen LogP contribution in [0.25, 0.3) is 0 Å². The summed E-state index contributed by atoms with van der Waals surface area (Å²) in [6, 6.07) is 2.99. The Morgan fingerprint density at radius 1 is 1.59 bits per heavy atom. The molecule has 4 nitrogen and oxygen atoms in total. The van der Waals surface area contributed by atoms with Gasteiger partial charge in [0.05, 0.1) is 0 Å². The van der Waals surface area contributed by atoms with Crippen molar-refractivity contribution in [3.63, 3.8) is 0 Å². The summed E-state index contributed by atoms with van der Waals surface area (Å²) in [5, 5.41) is -0.00230. The number of sulfonamides is 1. The molecule has 1 heterocycles. The van der Waals surface area contributed by atoms with Crippen LogP contribution in [-0.4, -0.2) is 32.0 Å². The first-order valence-corrected chi connectivity index (χ1v) is 8.32. The first-order chi connectivity index (χ1) is 7.97. The molecule has 1 atom stereocenters. The summed E-state index contributed by atoms with van der Waals surface area (Å²) in [4.78, 5) is 3.78. The lowest BCUT2D eigenvalue weighted by Gasteiger charge is -2.12. The third kappa shape index (κ3) is 4.46. The van der Waals surface area contributed by atoms with Crippen molar-refractivity contribution in [1.29, 1.82) is 0 Å². The van der Waals surface area contributed by atoms with Crippen LogP contribution in [0.2, 0.25) is 5.15 Å². The minimum absolute atomic E-state index is 0.00230. The molecular formula is C10H15ClN2O2S2. The highest BCUT2D eigenvalue weighted by Gasteiger charge is 2.18. The Hall–Kier alpha value is -0.300. The van der Waals surface area contributed by atoms with Gasteiger partial charge >= 0.3 is 0 Å². The van der Waals surface area contributed by atoms with Gasteiger partial charge in [0.1, 0.15) is 10.0 Å². The highest BCUT2D eigenvalue weighted by molar-refractivity contribution is 7.98. The molecule has 7 heteroatoms. The van der Waals surface area contributed by atoms with Gasteiger partial charge in [-0.1, -0.05) is 18.5 Å². The molecule has 0 bridgehead atoms. The predicted molar refractivity (Wildman–Crippen MR) is 72.0 cm³/mol. The maximum absolute atomic E-state index is 11.9. The zero-order valence-corrected chi connectivity index (χ0v) is 12.1. The molecular weight excluding hydrogens is 280 g/mol. The fourth-order valence-corrected chi connectivity index (χ4v) is 3.55. The number of hydrogen-bond donors (Lipinski definition) is 1. The molecule has 1 rings (SSSR count). The van der Waals surface area contributed by atoms with E-state index in [0.29, 0.717) is 6.54 Å². The average molecular weight is 295 g/mol. The van der Waals surface area contributed by atoms with Crippen LogP contribution in [0.1, 0.15) is 6.92 Å². The summed E-state index contributed by atoms with van der Waals surface area (Å²) in [5.74, 6) is 1.18. The van der Waals surface area contributed by atoms with Gasteiger partial charge < -0.3 is 0 Å². The van der Waals surface area contributed by atoms with E-state index in [4.69, 9.17) is 11.6 Å². The van der Waals surface area contributed by atoms with Crippen molar-refractivity contribution < 1.29 is 8.42 Å². The monoisotopic (exact) mass is 294 g/mol. The van der Waals surface area contributed by atoms with E-state index in [2.05, 4.69) is 9.71 Å². The van der Waals surface area contributed by atoms with E-state index in [0.717, 1.165) is 5.75 Å². The van der Waals surface area contributed by atoms with Gasteiger partial charge in [-0.3, -0.25) is 0 Å². The van der Waals surface area contributed by atoms with Crippen LogP contribution in [-0.2, 0) is 10.0 Å². The number of aromatic nitrogens is 1. The maximum atomic E-state index is 11.9. The molecule has 0 amide bonds. The van der Waals surface area contributed by atoms with Gasteiger partial charge in [0.15, 0.2) is 0 Å². The van der Waals surface area contributed by atoms with Gasteiger partial charge in [-0.05, 0) is 30.1 Å². The smallest absolute Gasteiger partial charge is 0.243 e. The van der Waals surface area contributed by atoms with Crippen LogP contribution >= 0.6 is 23.4 Å². The summed E-state index contributed by atoms with van der Waals surface area (Å²) >= 11 is 7.44. The topological polar surface area (TPSA) is 59.1 Å². The van der Waals surface area contributed by atoms with Crippen molar-refractivity contribution in [3.05, 3.63) is 23.5 Å². The lowest BCUT2D eigenvalue weighted by Crippen LogP contribution is -2.29. The standard InChI is InChI=1S/C10H15ClN2O2S2/c1-8(7-16-2)6-13-17(14,15)9-4-3-5-12-10(9)11/h3-5,8,13H,6-7H2,1-2H3. The van der Waals surface area contributed by atoms with Crippen molar-refractivity contribution in [2.75, 3.05) is 18.6 Å². The second-order valence-electron chi connectivity index (χ2n) is 3.70. The number of pyridine rings is 1. The number of halogens is 1. The Morgan fingerprint density at radius 3 is 2.88 bits per heavy atom. The third-order valence-corrected chi connectivity index (χ3v) is 4.86. The number of rotatable bonds is 6. The first-order valence-electron chi connectivity index (χ1n) is 5.06. The van der Waals surface area contributed by atoms with Crippen LogP contribution in [0.3, 0.4) is 0 Å². The molecule has 0 spiro atoms. The molecule has 1 aromatic rings. The molecule has 1 aromatic heterocycles. The molecule has 17 heavy (non-hydrogen) atoms. The van der Waals surface area contributed by atoms with E-state index in [1.54, 1.807) is 17.8 Å². The molecule has 0 radical (unpaired) electrons. The fourth-order valence-electron chi connectivity index (χ4n) is 1.24. The number of nitrogens with zero attached hydrogens (tertiary/aromatic N) is 1. The van der Waals surface area contributed by atoms with Crippen molar-refractivity contribution >= 4 is 33.4 Å². The minimum atomic E-state index is -3.56. The van der Waals surface area contributed by atoms with Gasteiger partial charge in [0, 0.05) is 12.7 Å². The van der Waals surface area contributed by atoms with Crippen molar-refractivity contribution in [2.45, 2.75) is 11.8 Å². The second kappa shape index (κ2) is 6.58. The average Bonchev–Trinajstić information content (AvgIpc) is 2.27. The van der Waals surface area contributed by atoms with Gasteiger partial charge in [-0.25, -0.2) is 18.1 Å². The Balaban J connectivity index is 2.73. The van der Waals surface area contributed by atoms with Crippen LogP contribution in [0, 0.1) is 5.92 Å². The molecule has 0 aliphatic heterocycles. The Kier molecular flexibility index (Phi) is 5.72. The predicted octanol–water partition coefficient (Wildman–Crippen LogP) is 2.01. The Bertz CT molecular complexity index is 465. The number of nitrogens with one attached hydrogen (secondary N) is 1. The first kappa shape index (κ1) is 14.8. The summed E-state index contributed by atoms with van der Waals surface area (Å²) in [5.41, 5.74) is 0. The van der Waals surface area contributed by atoms with Crippen LogP contribution in [0.4, 0.5) is 0 Å². The number of thioether (sulfide) groups is 1. The summed E-state index contributed by atoms with van der Waals surface area (Å²) < 4.78 is 26.4. The van der Waals surface area contributed by atoms with Crippen LogP contribution in [0.15, 0.2) is 23.2 Å². The van der Waals surface area contributed by atoms with Crippen LogP contribution < -0.4 is 4.72 Å². The zero-order valence-electron chi connectivity index (χ0n) is 9.68. The van der Waals surface area contributed by atoms with Gasteiger partial charge in [0.2, 0.25) is 10.0 Å². The molecule has 0 saturated heterocycles. The Morgan fingerprint density at radius 2 is 2.29 bits per heavy atom. The molecule has 0 saturated carbocycles. The molecule has 0 aliphatic carbocycles. The van der Waals surface area contributed by atoms with Crippen molar-refractivity contribution in [2.24, 2.45) is 5.92 Å². The normalized spacial score (nSPS) is 13.6. The highest BCUT2D eigenvalue weighted by Crippen LogP contribution is 2.17. The quantitative estimate of drug-likeness (QED) is 0.816. The third-order valence-electron chi connectivity index (χ3n) is 2.09. The van der Waals surface area contributed by atoms with E-state index < -0.39 is 10.0 Å². The van der Waals surface area contributed by atoms with E-state index in [1.807, 2.05) is 13.2 Å². The number of hydrogen-bond acceptors (Lipinski definition) is 4. The molecule has 0 aromatic carbocycles. The lowest BCUT2D eigenvalue weighted by molar-refractivity contribution is 0.562. The second-order valence-corrected chi connectivity index (χ2v) is 6.71. The van der Waals surface area contributed by atoms with Crippen molar-refractivity contribution in [3.8, 4) is 0 Å². The van der Waals surface area contributed by atoms with E-state index in [1.165, 1.54) is 12.3 Å². The largest absolute Gasteiger partial charge is 0.243 e. The summed E-state index contributed by atoms with van der Waals surface area (Å²) in [6.07, 6.45) is 3.45. The molecule has 96 valence electrons. The van der Waals surface area contributed by atoms with E-state index in [-0.39, 0.29) is 16.0 Å². The molecule has 1 unspecified atom stereocenters. The minimum Gasteiger partial charge on any atom is -0.243 e. The van der Waals surface area contributed by atoms with E-state index >= 15 is 0 Å². The van der Waals surface area contributed by atoms with E-state index in [9.17, 15) is 8.42 Å². The Labute approximate surface area is 111 Å². The van der Waals surface area contributed by atoms with Crippen LogP contribution in [0.5, 0.6) is 0 Å². The molecule has 0 fully saturated rings. The van der Waals surface area contributed by atoms with Gasteiger partial charge in [0.25, 0.3) is 0 Å². The fraction of sp³-hybridized carbons (Fsp3) is 0.500. The molecule has 1 N–H and O–H groups in total. The van der Waals surface area contributed by atoms with Crippen molar-refractivity contribution in [1.82, 2.24) is 9.71 Å². The maximum Gasteiger partial charge on any atom is 0.243 e.